The molecule has 6 nitrogen and oxygen atoms in total. The average molecular weight is 371 g/mol. The topological polar surface area (TPSA) is 78.5 Å². The molecule has 0 aliphatic carbocycles. The zero-order valence-electron chi connectivity index (χ0n) is 16.2. The molecule has 1 atom stereocenters. The third-order valence-electron chi connectivity index (χ3n) is 5.30. The average Bonchev–Trinajstić information content (AvgIpc) is 3.16. The van der Waals surface area contributed by atoms with Crippen molar-refractivity contribution in [1.29, 1.82) is 0 Å². The Morgan fingerprint density at radius 1 is 1.37 bits per heavy atom. The maximum atomic E-state index is 12.5. The standard InChI is InChI=1S/C21H29N3O3/c1-16-7-8-19(11-17(16)2)27-15-21(26)9-4-10-24(14-21)20(25)6-3-5-18-12-22-23-13-18/h7-8,11-13,26H,3-6,9-10,14-15H2,1-2H3,(H,22,23). The molecule has 1 aliphatic rings. The minimum atomic E-state index is -0.989. The molecule has 1 fully saturated rings. The number of aromatic nitrogens is 2. The summed E-state index contributed by atoms with van der Waals surface area (Å²) in [5.41, 5.74) is 2.50. The van der Waals surface area contributed by atoms with Crippen LogP contribution < -0.4 is 4.74 Å². The van der Waals surface area contributed by atoms with Crippen molar-refractivity contribution in [2.45, 2.75) is 51.6 Å². The van der Waals surface area contributed by atoms with Gasteiger partial charge in [-0.3, -0.25) is 9.89 Å². The lowest BCUT2D eigenvalue weighted by Gasteiger charge is -2.39. The van der Waals surface area contributed by atoms with Crippen LogP contribution in [-0.4, -0.2) is 51.4 Å². The Morgan fingerprint density at radius 3 is 2.96 bits per heavy atom. The Balaban J connectivity index is 1.49. The van der Waals surface area contributed by atoms with Crippen LogP contribution in [0.4, 0.5) is 0 Å². The predicted octanol–water partition coefficient (Wildman–Crippen LogP) is 2.78. The van der Waals surface area contributed by atoms with Gasteiger partial charge in [-0.25, -0.2) is 0 Å². The van der Waals surface area contributed by atoms with E-state index in [4.69, 9.17) is 4.74 Å². The molecule has 2 aromatic rings. The second-order valence-corrected chi connectivity index (χ2v) is 7.64. The SMILES string of the molecule is Cc1ccc(OCC2(O)CCCN(C(=O)CCCc3cn[nH]c3)C2)cc1C. The van der Waals surface area contributed by atoms with Crippen molar-refractivity contribution < 1.29 is 14.6 Å². The van der Waals surface area contributed by atoms with Gasteiger partial charge in [-0.1, -0.05) is 6.07 Å². The number of likely N-dealkylation sites (tertiary alicyclic amines) is 1. The second kappa shape index (κ2) is 8.57. The summed E-state index contributed by atoms with van der Waals surface area (Å²) in [5.74, 6) is 0.859. The molecule has 146 valence electrons. The molecule has 0 spiro atoms. The largest absolute Gasteiger partial charge is 0.491 e. The molecule has 0 bridgehead atoms. The van der Waals surface area contributed by atoms with E-state index in [1.54, 1.807) is 11.1 Å². The van der Waals surface area contributed by atoms with Crippen LogP contribution in [0.15, 0.2) is 30.6 Å². The van der Waals surface area contributed by atoms with Crippen LogP contribution in [0.25, 0.3) is 0 Å². The lowest BCUT2D eigenvalue weighted by Crippen LogP contribution is -2.53. The Morgan fingerprint density at radius 2 is 2.22 bits per heavy atom. The van der Waals surface area contributed by atoms with Crippen LogP contribution in [0.2, 0.25) is 0 Å². The van der Waals surface area contributed by atoms with Crippen molar-refractivity contribution in [2.75, 3.05) is 19.7 Å². The van der Waals surface area contributed by atoms with E-state index in [2.05, 4.69) is 17.1 Å². The maximum Gasteiger partial charge on any atom is 0.222 e. The molecule has 27 heavy (non-hydrogen) atoms. The van der Waals surface area contributed by atoms with Gasteiger partial charge < -0.3 is 14.7 Å². The molecule has 0 saturated carbocycles. The minimum absolute atomic E-state index is 0.0998. The lowest BCUT2D eigenvalue weighted by atomic mass is 9.93. The van der Waals surface area contributed by atoms with E-state index >= 15 is 0 Å². The highest BCUT2D eigenvalue weighted by Crippen LogP contribution is 2.24. The molecule has 2 N–H and O–H groups in total. The monoisotopic (exact) mass is 371 g/mol. The zero-order chi connectivity index (χ0) is 19.3. The fraction of sp³-hybridized carbons (Fsp3) is 0.524. The first-order valence-corrected chi connectivity index (χ1v) is 9.63. The summed E-state index contributed by atoms with van der Waals surface area (Å²) in [4.78, 5) is 14.3. The third-order valence-corrected chi connectivity index (χ3v) is 5.30. The number of β-amino-alcohol motifs (C(OH)–C–C–N with tert-alkyl or cyclic N) is 1. The first kappa shape index (κ1) is 19.4. The van der Waals surface area contributed by atoms with Gasteiger partial charge in [0.25, 0.3) is 0 Å². The zero-order valence-corrected chi connectivity index (χ0v) is 16.2. The van der Waals surface area contributed by atoms with E-state index in [1.165, 1.54) is 5.56 Å². The van der Waals surface area contributed by atoms with Gasteiger partial charge in [-0.15, -0.1) is 0 Å². The van der Waals surface area contributed by atoms with E-state index in [1.807, 2.05) is 31.3 Å². The number of carbonyl (C=O) groups is 1. The van der Waals surface area contributed by atoms with Crippen molar-refractivity contribution >= 4 is 5.91 Å². The number of hydrogen-bond acceptors (Lipinski definition) is 4. The van der Waals surface area contributed by atoms with Crippen molar-refractivity contribution in [3.63, 3.8) is 0 Å². The van der Waals surface area contributed by atoms with E-state index in [9.17, 15) is 9.90 Å². The highest BCUT2D eigenvalue weighted by Gasteiger charge is 2.35. The van der Waals surface area contributed by atoms with Crippen LogP contribution in [0.1, 0.15) is 42.4 Å². The summed E-state index contributed by atoms with van der Waals surface area (Å²) >= 11 is 0. The van der Waals surface area contributed by atoms with Gasteiger partial charge >= 0.3 is 0 Å². The first-order valence-electron chi connectivity index (χ1n) is 9.63. The smallest absolute Gasteiger partial charge is 0.222 e. The number of nitrogens with zero attached hydrogens (tertiary/aromatic N) is 2. The Hall–Kier alpha value is -2.34. The molecule has 6 heteroatoms. The number of aromatic amines is 1. The van der Waals surface area contributed by atoms with Gasteiger partial charge in [-0.2, -0.15) is 5.10 Å². The summed E-state index contributed by atoms with van der Waals surface area (Å²) in [5, 5.41) is 17.6. The van der Waals surface area contributed by atoms with Crippen LogP contribution in [0, 0.1) is 13.8 Å². The Kier molecular flexibility index (Phi) is 6.16. The summed E-state index contributed by atoms with van der Waals surface area (Å²) in [6.07, 6.45) is 7.18. The summed E-state index contributed by atoms with van der Waals surface area (Å²) in [6, 6.07) is 5.93. The number of amides is 1. The molecule has 1 aliphatic heterocycles. The molecule has 3 rings (SSSR count). The van der Waals surface area contributed by atoms with E-state index in [0.717, 1.165) is 36.1 Å². The number of rotatable bonds is 7. The third kappa shape index (κ3) is 5.32. The van der Waals surface area contributed by atoms with E-state index in [0.29, 0.717) is 25.9 Å². The number of hydrogen-bond donors (Lipinski definition) is 2. The molecule has 0 radical (unpaired) electrons. The van der Waals surface area contributed by atoms with Gasteiger partial charge in [0.15, 0.2) is 0 Å². The summed E-state index contributed by atoms with van der Waals surface area (Å²) in [6.45, 7) is 5.35. The van der Waals surface area contributed by atoms with E-state index < -0.39 is 5.60 Å². The minimum Gasteiger partial charge on any atom is -0.491 e. The number of benzene rings is 1. The Bertz CT molecular complexity index is 760. The number of H-pyrrole nitrogens is 1. The molecule has 1 aromatic heterocycles. The number of piperidine rings is 1. The molecular formula is C21H29N3O3. The molecule has 1 saturated heterocycles. The van der Waals surface area contributed by atoms with Crippen LogP contribution in [0.3, 0.4) is 0 Å². The van der Waals surface area contributed by atoms with E-state index in [-0.39, 0.29) is 12.5 Å². The van der Waals surface area contributed by atoms with Gasteiger partial charge in [0.2, 0.25) is 5.91 Å². The van der Waals surface area contributed by atoms with Crippen molar-refractivity contribution in [2.24, 2.45) is 0 Å². The van der Waals surface area contributed by atoms with Crippen molar-refractivity contribution in [1.82, 2.24) is 15.1 Å². The fourth-order valence-electron chi connectivity index (χ4n) is 3.48. The van der Waals surface area contributed by atoms with Crippen LogP contribution >= 0.6 is 0 Å². The molecule has 1 aromatic carbocycles. The van der Waals surface area contributed by atoms with Gasteiger partial charge in [-0.05, 0) is 68.4 Å². The fourth-order valence-corrected chi connectivity index (χ4v) is 3.48. The lowest BCUT2D eigenvalue weighted by molar-refractivity contribution is -0.140. The summed E-state index contributed by atoms with van der Waals surface area (Å²) < 4.78 is 5.84. The normalized spacial score (nSPS) is 19.9. The number of ether oxygens (including phenoxy) is 1. The highest BCUT2D eigenvalue weighted by molar-refractivity contribution is 5.76. The van der Waals surface area contributed by atoms with Crippen molar-refractivity contribution in [3.05, 3.63) is 47.3 Å². The highest BCUT2D eigenvalue weighted by atomic mass is 16.5. The molecule has 2 heterocycles. The number of carbonyl (C=O) groups excluding carboxylic acids is 1. The maximum absolute atomic E-state index is 12.5. The quantitative estimate of drug-likeness (QED) is 0.784. The second-order valence-electron chi connectivity index (χ2n) is 7.64. The molecule has 1 unspecified atom stereocenters. The van der Waals surface area contributed by atoms with Crippen LogP contribution in [0.5, 0.6) is 5.75 Å². The molecule has 1 amide bonds. The number of nitrogens with one attached hydrogen (secondary N) is 1. The Labute approximate surface area is 160 Å². The number of aryl methyl sites for hydroxylation is 3. The number of aliphatic hydroxyl groups is 1. The van der Waals surface area contributed by atoms with Gasteiger partial charge in [0.1, 0.15) is 18.0 Å². The van der Waals surface area contributed by atoms with Crippen molar-refractivity contribution in [3.8, 4) is 5.75 Å². The first-order chi connectivity index (χ1) is 13.0. The van der Waals surface area contributed by atoms with Gasteiger partial charge in [0, 0.05) is 19.2 Å². The van der Waals surface area contributed by atoms with Crippen LogP contribution in [-0.2, 0) is 11.2 Å². The molecular weight excluding hydrogens is 342 g/mol. The predicted molar refractivity (Wildman–Crippen MR) is 104 cm³/mol. The van der Waals surface area contributed by atoms with Gasteiger partial charge in [0.05, 0.1) is 12.7 Å². The summed E-state index contributed by atoms with van der Waals surface area (Å²) in [7, 11) is 0.